The van der Waals surface area contributed by atoms with E-state index >= 15 is 0 Å². The standard InChI is InChI=1S/C12H17BrN2OS/c13-8-3-12(17-7-8)11(4-14)15-5-9-1-2-10(6-15)16-9/h3,7,9-11H,1-2,4-6,14H2. The second-order valence-electron chi connectivity index (χ2n) is 4.83. The maximum atomic E-state index is 5.97. The Morgan fingerprint density at radius 1 is 1.47 bits per heavy atom. The molecule has 0 aromatic carbocycles. The van der Waals surface area contributed by atoms with Crippen LogP contribution < -0.4 is 5.73 Å². The average molecular weight is 317 g/mol. The number of halogens is 1. The highest BCUT2D eigenvalue weighted by atomic mass is 79.9. The Bertz CT molecular complexity index is 386. The SMILES string of the molecule is NCC(c1cc(Br)cs1)N1CC2CCC(C1)O2. The lowest BCUT2D eigenvalue weighted by Crippen LogP contribution is -2.46. The number of nitrogens with two attached hydrogens (primary N) is 1. The molecule has 17 heavy (non-hydrogen) atoms. The summed E-state index contributed by atoms with van der Waals surface area (Å²) in [6, 6.07) is 2.55. The van der Waals surface area contributed by atoms with E-state index in [1.165, 1.54) is 17.7 Å². The van der Waals surface area contributed by atoms with Crippen molar-refractivity contribution < 1.29 is 4.74 Å². The van der Waals surface area contributed by atoms with Crippen molar-refractivity contribution in [2.24, 2.45) is 5.73 Å². The summed E-state index contributed by atoms with van der Waals surface area (Å²) >= 11 is 5.31. The van der Waals surface area contributed by atoms with E-state index in [-0.39, 0.29) is 0 Å². The number of rotatable bonds is 3. The second-order valence-corrected chi connectivity index (χ2v) is 6.69. The maximum absolute atomic E-state index is 5.97. The molecule has 94 valence electrons. The van der Waals surface area contributed by atoms with Gasteiger partial charge in [0, 0.05) is 34.4 Å². The van der Waals surface area contributed by atoms with Crippen LogP contribution in [0.2, 0.25) is 0 Å². The zero-order valence-electron chi connectivity index (χ0n) is 9.64. The van der Waals surface area contributed by atoms with Crippen LogP contribution in [0, 0.1) is 0 Å². The van der Waals surface area contributed by atoms with E-state index in [1.54, 1.807) is 11.3 Å². The van der Waals surface area contributed by atoms with Crippen LogP contribution in [-0.4, -0.2) is 36.7 Å². The van der Waals surface area contributed by atoms with Crippen LogP contribution >= 0.6 is 27.3 Å². The van der Waals surface area contributed by atoms with Gasteiger partial charge in [-0.2, -0.15) is 0 Å². The lowest BCUT2D eigenvalue weighted by atomic mass is 10.1. The van der Waals surface area contributed by atoms with Crippen LogP contribution in [0.5, 0.6) is 0 Å². The van der Waals surface area contributed by atoms with Gasteiger partial charge >= 0.3 is 0 Å². The minimum absolute atomic E-state index is 0.360. The summed E-state index contributed by atoms with van der Waals surface area (Å²) in [5, 5.41) is 2.13. The van der Waals surface area contributed by atoms with Crippen molar-refractivity contribution >= 4 is 27.3 Å². The Kier molecular flexibility index (Phi) is 3.54. The molecule has 0 radical (unpaired) electrons. The van der Waals surface area contributed by atoms with E-state index in [2.05, 4.69) is 32.3 Å². The molecule has 2 aliphatic heterocycles. The third kappa shape index (κ3) is 2.44. The van der Waals surface area contributed by atoms with E-state index in [0.717, 1.165) is 17.6 Å². The number of ether oxygens (including phenoxy) is 1. The summed E-state index contributed by atoms with van der Waals surface area (Å²) < 4.78 is 7.03. The fourth-order valence-corrected chi connectivity index (χ4v) is 4.44. The number of likely N-dealkylation sites (tertiary alicyclic amines) is 1. The van der Waals surface area contributed by atoms with Gasteiger partial charge in [0.1, 0.15) is 0 Å². The number of nitrogens with zero attached hydrogens (tertiary/aromatic N) is 1. The monoisotopic (exact) mass is 316 g/mol. The van der Waals surface area contributed by atoms with E-state index in [4.69, 9.17) is 10.5 Å². The Morgan fingerprint density at radius 3 is 2.71 bits per heavy atom. The quantitative estimate of drug-likeness (QED) is 0.930. The zero-order valence-corrected chi connectivity index (χ0v) is 12.0. The van der Waals surface area contributed by atoms with Gasteiger partial charge in [-0.25, -0.2) is 0 Å². The van der Waals surface area contributed by atoms with Crippen molar-refractivity contribution in [1.29, 1.82) is 0 Å². The van der Waals surface area contributed by atoms with E-state index in [0.29, 0.717) is 24.8 Å². The van der Waals surface area contributed by atoms with Crippen LogP contribution in [-0.2, 0) is 4.74 Å². The number of fused-ring (bicyclic) bond motifs is 2. The first-order chi connectivity index (χ1) is 8.26. The predicted octanol–water partition coefficient (Wildman–Crippen LogP) is 2.37. The van der Waals surface area contributed by atoms with Crippen LogP contribution in [0.3, 0.4) is 0 Å². The zero-order chi connectivity index (χ0) is 11.8. The molecule has 3 atom stereocenters. The lowest BCUT2D eigenvalue weighted by Gasteiger charge is -2.37. The van der Waals surface area contributed by atoms with Crippen LogP contribution in [0.1, 0.15) is 23.8 Å². The summed E-state index contributed by atoms with van der Waals surface area (Å²) in [7, 11) is 0. The molecular formula is C12H17BrN2OS. The first-order valence-corrected chi connectivity index (χ1v) is 7.77. The minimum Gasteiger partial charge on any atom is -0.372 e. The van der Waals surface area contributed by atoms with Crippen LogP contribution in [0.4, 0.5) is 0 Å². The van der Waals surface area contributed by atoms with Crippen molar-refractivity contribution in [3.8, 4) is 0 Å². The van der Waals surface area contributed by atoms with Crippen LogP contribution in [0.25, 0.3) is 0 Å². The molecule has 3 heterocycles. The fraction of sp³-hybridized carbons (Fsp3) is 0.667. The summed E-state index contributed by atoms with van der Waals surface area (Å²) in [4.78, 5) is 3.87. The van der Waals surface area contributed by atoms with Gasteiger partial charge in [0.25, 0.3) is 0 Å². The van der Waals surface area contributed by atoms with Gasteiger partial charge in [-0.3, -0.25) is 4.90 Å². The third-order valence-corrected chi connectivity index (χ3v) is 5.45. The fourth-order valence-electron chi connectivity index (χ4n) is 2.85. The first kappa shape index (κ1) is 12.1. The van der Waals surface area contributed by atoms with Gasteiger partial charge in [-0.1, -0.05) is 0 Å². The molecule has 2 aliphatic rings. The van der Waals surface area contributed by atoms with Crippen molar-refractivity contribution in [3.05, 3.63) is 20.8 Å². The molecule has 2 bridgehead atoms. The van der Waals surface area contributed by atoms with Gasteiger partial charge in [0.05, 0.1) is 18.2 Å². The van der Waals surface area contributed by atoms with E-state index < -0.39 is 0 Å². The second kappa shape index (κ2) is 4.97. The van der Waals surface area contributed by atoms with Crippen molar-refractivity contribution in [3.63, 3.8) is 0 Å². The van der Waals surface area contributed by atoms with Crippen molar-refractivity contribution in [2.45, 2.75) is 31.1 Å². The number of hydrogen-bond donors (Lipinski definition) is 1. The minimum atomic E-state index is 0.360. The molecule has 5 heteroatoms. The molecular weight excluding hydrogens is 300 g/mol. The van der Waals surface area contributed by atoms with Crippen LogP contribution in [0.15, 0.2) is 15.9 Å². The highest BCUT2D eigenvalue weighted by Gasteiger charge is 2.36. The molecule has 0 aliphatic carbocycles. The number of morpholine rings is 1. The Morgan fingerprint density at radius 2 is 2.18 bits per heavy atom. The predicted molar refractivity (Wildman–Crippen MR) is 73.3 cm³/mol. The molecule has 0 spiro atoms. The van der Waals surface area contributed by atoms with Gasteiger partial charge in [0.2, 0.25) is 0 Å². The highest BCUT2D eigenvalue weighted by molar-refractivity contribution is 9.10. The molecule has 2 N–H and O–H groups in total. The molecule has 0 amide bonds. The van der Waals surface area contributed by atoms with E-state index in [9.17, 15) is 0 Å². The lowest BCUT2D eigenvalue weighted by molar-refractivity contribution is -0.0516. The number of thiophene rings is 1. The maximum Gasteiger partial charge on any atom is 0.0707 e. The summed E-state index contributed by atoms with van der Waals surface area (Å²) in [5.74, 6) is 0. The van der Waals surface area contributed by atoms with Gasteiger partial charge in [-0.15, -0.1) is 11.3 Å². The summed E-state index contributed by atoms with van der Waals surface area (Å²) in [6.45, 7) is 2.76. The molecule has 2 saturated heterocycles. The normalized spacial score (nSPS) is 30.7. The molecule has 2 fully saturated rings. The van der Waals surface area contributed by atoms with Crippen molar-refractivity contribution in [2.75, 3.05) is 19.6 Å². The largest absolute Gasteiger partial charge is 0.372 e. The molecule has 1 aromatic rings. The first-order valence-electron chi connectivity index (χ1n) is 6.10. The van der Waals surface area contributed by atoms with Gasteiger partial charge in [0.15, 0.2) is 0 Å². The average Bonchev–Trinajstić information content (AvgIpc) is 2.87. The van der Waals surface area contributed by atoms with Crippen molar-refractivity contribution in [1.82, 2.24) is 4.90 Å². The van der Waals surface area contributed by atoms with Gasteiger partial charge < -0.3 is 10.5 Å². The molecule has 3 nitrogen and oxygen atoms in total. The molecule has 3 rings (SSSR count). The third-order valence-electron chi connectivity index (χ3n) is 3.65. The van der Waals surface area contributed by atoms with Gasteiger partial charge in [-0.05, 0) is 34.8 Å². The Hall–Kier alpha value is 0.0600. The smallest absolute Gasteiger partial charge is 0.0707 e. The summed E-state index contributed by atoms with van der Waals surface area (Å²) in [6.07, 6.45) is 3.30. The molecule has 1 aromatic heterocycles. The highest BCUT2D eigenvalue weighted by Crippen LogP contribution is 2.34. The Labute approximate surface area is 114 Å². The molecule has 0 saturated carbocycles. The Balaban J connectivity index is 1.77. The summed E-state index contributed by atoms with van der Waals surface area (Å²) in [5.41, 5.74) is 5.97. The topological polar surface area (TPSA) is 38.5 Å². The number of hydrogen-bond acceptors (Lipinski definition) is 4. The van der Waals surface area contributed by atoms with E-state index in [1.807, 2.05) is 0 Å². The molecule has 3 unspecified atom stereocenters.